The predicted molar refractivity (Wildman–Crippen MR) is 78.6 cm³/mol. The second kappa shape index (κ2) is 7.75. The van der Waals surface area contributed by atoms with Gasteiger partial charge in [0.1, 0.15) is 6.54 Å². The van der Waals surface area contributed by atoms with Crippen LogP contribution in [0, 0.1) is 0 Å². The molecule has 1 aliphatic rings. The highest BCUT2D eigenvalue weighted by Crippen LogP contribution is 2.26. The maximum atomic E-state index is 5.82. The first kappa shape index (κ1) is 15.5. The zero-order valence-electron chi connectivity index (χ0n) is 12.6. The number of likely N-dealkylation sites (N-methyl/N-ethyl adjacent to an activating group) is 1. The van der Waals surface area contributed by atoms with Crippen molar-refractivity contribution in [2.45, 2.75) is 46.1 Å². The lowest BCUT2D eigenvalue weighted by molar-refractivity contribution is -0.921. The number of nitrogens with zero attached hydrogens (tertiary/aromatic N) is 1. The van der Waals surface area contributed by atoms with Gasteiger partial charge in [0.2, 0.25) is 0 Å². The average molecular weight is 252 g/mol. The fourth-order valence-corrected chi connectivity index (χ4v) is 3.03. The number of allylic oxidation sites excluding steroid dienone is 2. The molecule has 0 amide bonds. The molecule has 2 atom stereocenters. The second-order valence-corrected chi connectivity index (χ2v) is 5.55. The van der Waals surface area contributed by atoms with Crippen molar-refractivity contribution < 1.29 is 9.22 Å². The van der Waals surface area contributed by atoms with Crippen LogP contribution in [0.2, 0.25) is 0 Å². The summed E-state index contributed by atoms with van der Waals surface area (Å²) in [4.78, 5) is 0. The summed E-state index contributed by atoms with van der Waals surface area (Å²) in [6.45, 7) is 10.5. The standard InChI is InChI=1S/C16H30NO/c1-5-9-15(6-2)14-18-13-12-17(4)11-8-10-16(17)7-3/h5-6,9,16H,7-8,10-14H2,1-4H3/q+1/b9-5-,15-6+/t16-,17?/m1/s1. The van der Waals surface area contributed by atoms with Crippen LogP contribution in [0.25, 0.3) is 0 Å². The smallest absolute Gasteiger partial charge is 0.102 e. The van der Waals surface area contributed by atoms with E-state index in [-0.39, 0.29) is 0 Å². The highest BCUT2D eigenvalue weighted by molar-refractivity contribution is 5.17. The van der Waals surface area contributed by atoms with E-state index >= 15 is 0 Å². The number of likely N-dealkylation sites (tertiary alicyclic amines) is 1. The number of hydrogen-bond donors (Lipinski definition) is 0. The Hall–Kier alpha value is -0.600. The molecule has 1 fully saturated rings. The van der Waals surface area contributed by atoms with Crippen LogP contribution in [0.5, 0.6) is 0 Å². The molecular weight excluding hydrogens is 222 g/mol. The lowest BCUT2D eigenvalue weighted by Crippen LogP contribution is -2.49. The summed E-state index contributed by atoms with van der Waals surface area (Å²) < 4.78 is 7.04. The van der Waals surface area contributed by atoms with Crippen molar-refractivity contribution in [2.75, 3.05) is 33.4 Å². The molecule has 0 aliphatic carbocycles. The molecule has 2 heteroatoms. The molecule has 0 spiro atoms. The average Bonchev–Trinajstić information content (AvgIpc) is 2.74. The quantitative estimate of drug-likeness (QED) is 0.382. The summed E-state index contributed by atoms with van der Waals surface area (Å²) in [6.07, 6.45) is 10.4. The molecule has 0 aromatic heterocycles. The molecular formula is C16H30NO+. The van der Waals surface area contributed by atoms with E-state index < -0.39 is 0 Å². The third kappa shape index (κ3) is 4.25. The Morgan fingerprint density at radius 2 is 2.17 bits per heavy atom. The highest BCUT2D eigenvalue weighted by atomic mass is 16.5. The van der Waals surface area contributed by atoms with Crippen molar-refractivity contribution >= 4 is 0 Å². The maximum absolute atomic E-state index is 5.82. The largest absolute Gasteiger partial charge is 0.371 e. The monoisotopic (exact) mass is 252 g/mol. The summed E-state index contributed by atoms with van der Waals surface area (Å²) >= 11 is 0. The van der Waals surface area contributed by atoms with Crippen LogP contribution in [0.4, 0.5) is 0 Å². The van der Waals surface area contributed by atoms with Crippen molar-refractivity contribution in [1.29, 1.82) is 0 Å². The van der Waals surface area contributed by atoms with Crippen LogP contribution >= 0.6 is 0 Å². The molecule has 0 aromatic rings. The van der Waals surface area contributed by atoms with Crippen molar-refractivity contribution in [3.8, 4) is 0 Å². The summed E-state index contributed by atoms with van der Waals surface area (Å²) in [6, 6.07) is 0.852. The molecule has 1 saturated heterocycles. The van der Waals surface area contributed by atoms with Gasteiger partial charge in [-0.3, -0.25) is 0 Å². The first-order valence-electron chi connectivity index (χ1n) is 7.36. The van der Waals surface area contributed by atoms with Gasteiger partial charge in [-0.15, -0.1) is 0 Å². The number of hydrogen-bond acceptors (Lipinski definition) is 1. The van der Waals surface area contributed by atoms with Gasteiger partial charge >= 0.3 is 0 Å². The normalized spacial score (nSPS) is 29.3. The minimum absolute atomic E-state index is 0.748. The lowest BCUT2D eigenvalue weighted by atomic mass is 10.1. The fourth-order valence-electron chi connectivity index (χ4n) is 3.03. The van der Waals surface area contributed by atoms with E-state index in [1.165, 1.54) is 35.9 Å². The Morgan fingerprint density at radius 1 is 1.39 bits per heavy atom. The summed E-state index contributed by atoms with van der Waals surface area (Å²) in [5.41, 5.74) is 1.27. The minimum Gasteiger partial charge on any atom is -0.371 e. The van der Waals surface area contributed by atoms with Crippen molar-refractivity contribution in [3.63, 3.8) is 0 Å². The van der Waals surface area contributed by atoms with Gasteiger partial charge < -0.3 is 9.22 Å². The van der Waals surface area contributed by atoms with Crippen molar-refractivity contribution in [3.05, 3.63) is 23.8 Å². The summed E-state index contributed by atoms with van der Waals surface area (Å²) in [5, 5.41) is 0. The minimum atomic E-state index is 0.748. The van der Waals surface area contributed by atoms with Gasteiger partial charge in [-0.05, 0) is 25.8 Å². The molecule has 1 unspecified atom stereocenters. The van der Waals surface area contributed by atoms with E-state index in [9.17, 15) is 0 Å². The molecule has 1 heterocycles. The highest BCUT2D eigenvalue weighted by Gasteiger charge is 2.35. The SMILES string of the molecule is C/C=C\C(=C/C)COCC[N+]1(C)CCC[C@H]1CC. The molecule has 0 bridgehead atoms. The van der Waals surface area contributed by atoms with Crippen LogP contribution in [0.15, 0.2) is 23.8 Å². The number of rotatable bonds is 7. The zero-order chi connectivity index (χ0) is 13.4. The molecule has 2 nitrogen and oxygen atoms in total. The van der Waals surface area contributed by atoms with Crippen LogP contribution in [0.3, 0.4) is 0 Å². The lowest BCUT2D eigenvalue weighted by Gasteiger charge is -2.35. The Morgan fingerprint density at radius 3 is 2.78 bits per heavy atom. The molecule has 1 rings (SSSR count). The van der Waals surface area contributed by atoms with E-state index in [0.717, 1.165) is 25.8 Å². The van der Waals surface area contributed by atoms with Crippen molar-refractivity contribution in [1.82, 2.24) is 0 Å². The molecule has 0 radical (unpaired) electrons. The maximum Gasteiger partial charge on any atom is 0.102 e. The third-order valence-electron chi connectivity index (χ3n) is 4.33. The molecule has 104 valence electrons. The Balaban J connectivity index is 2.29. The fraction of sp³-hybridized carbons (Fsp3) is 0.750. The van der Waals surface area contributed by atoms with E-state index in [1.807, 2.05) is 6.92 Å². The Kier molecular flexibility index (Phi) is 6.66. The molecule has 0 saturated carbocycles. The van der Waals surface area contributed by atoms with Crippen LogP contribution in [-0.2, 0) is 4.74 Å². The summed E-state index contributed by atoms with van der Waals surface area (Å²) in [5.74, 6) is 0. The van der Waals surface area contributed by atoms with Gasteiger partial charge in [-0.2, -0.15) is 0 Å². The zero-order valence-corrected chi connectivity index (χ0v) is 12.6. The topological polar surface area (TPSA) is 9.23 Å². The van der Waals surface area contributed by atoms with Gasteiger partial charge in [0, 0.05) is 12.8 Å². The van der Waals surface area contributed by atoms with Crippen LogP contribution in [-0.4, -0.2) is 43.9 Å². The van der Waals surface area contributed by atoms with Crippen LogP contribution in [0.1, 0.15) is 40.0 Å². The first-order valence-corrected chi connectivity index (χ1v) is 7.36. The number of quaternary nitrogens is 1. The van der Waals surface area contributed by atoms with E-state index in [4.69, 9.17) is 4.74 Å². The van der Waals surface area contributed by atoms with Crippen molar-refractivity contribution in [2.24, 2.45) is 0 Å². The molecule has 1 aliphatic heterocycles. The van der Waals surface area contributed by atoms with E-state index in [2.05, 4.69) is 39.1 Å². The third-order valence-corrected chi connectivity index (χ3v) is 4.33. The van der Waals surface area contributed by atoms with E-state index in [0.29, 0.717) is 0 Å². The Labute approximate surface area is 113 Å². The van der Waals surface area contributed by atoms with Crippen LogP contribution < -0.4 is 0 Å². The van der Waals surface area contributed by atoms with Gasteiger partial charge in [-0.25, -0.2) is 0 Å². The predicted octanol–water partition coefficient (Wildman–Crippen LogP) is 3.54. The first-order chi connectivity index (χ1) is 8.66. The van der Waals surface area contributed by atoms with Gasteiger partial charge in [-0.1, -0.05) is 25.2 Å². The van der Waals surface area contributed by atoms with Gasteiger partial charge in [0.05, 0.1) is 32.8 Å². The van der Waals surface area contributed by atoms with E-state index in [1.54, 1.807) is 0 Å². The van der Waals surface area contributed by atoms with Gasteiger partial charge in [0.25, 0.3) is 0 Å². The molecule has 0 N–H and O–H groups in total. The van der Waals surface area contributed by atoms with Gasteiger partial charge in [0.15, 0.2) is 0 Å². The molecule has 0 aromatic carbocycles. The Bertz CT molecular complexity index is 295. The second-order valence-electron chi connectivity index (χ2n) is 5.55. The number of ether oxygens (including phenoxy) is 1. The molecule has 18 heavy (non-hydrogen) atoms. The summed E-state index contributed by atoms with van der Waals surface area (Å²) in [7, 11) is 2.40.